The minimum absolute atomic E-state index is 0.563. The van der Waals surface area contributed by atoms with Gasteiger partial charge < -0.3 is 10.1 Å². The van der Waals surface area contributed by atoms with Crippen molar-refractivity contribution < 1.29 is 4.74 Å². The third-order valence-corrected chi connectivity index (χ3v) is 1.50. The zero-order valence-electron chi connectivity index (χ0n) is 7.85. The van der Waals surface area contributed by atoms with Gasteiger partial charge in [-0.05, 0) is 19.0 Å². The van der Waals surface area contributed by atoms with Gasteiger partial charge in [0, 0.05) is 18.2 Å². The first-order valence-corrected chi connectivity index (χ1v) is 4.77. The number of halogens is 1. The van der Waals surface area contributed by atoms with Crippen LogP contribution in [0, 0.1) is 0 Å². The second-order valence-corrected chi connectivity index (χ2v) is 3.15. The molecule has 0 radical (unpaired) electrons. The lowest BCUT2D eigenvalue weighted by atomic mass is 10.3. The summed E-state index contributed by atoms with van der Waals surface area (Å²) in [7, 11) is 0. The van der Waals surface area contributed by atoms with Crippen molar-refractivity contribution >= 4 is 11.6 Å². The third kappa shape index (κ3) is 9.95. The summed E-state index contributed by atoms with van der Waals surface area (Å²) in [6.45, 7) is 6.70. The number of rotatable bonds is 7. The Kier molecular flexibility index (Phi) is 9.00. The Bertz CT molecular complexity index is 115. The van der Waals surface area contributed by atoms with Gasteiger partial charge in [-0.1, -0.05) is 25.4 Å². The summed E-state index contributed by atoms with van der Waals surface area (Å²) in [5, 5.41) is 3.31. The second kappa shape index (κ2) is 9.04. The van der Waals surface area contributed by atoms with Crippen LogP contribution in [0.4, 0.5) is 0 Å². The topological polar surface area (TPSA) is 21.3 Å². The molecule has 0 heterocycles. The zero-order chi connectivity index (χ0) is 9.23. The van der Waals surface area contributed by atoms with E-state index in [2.05, 4.69) is 19.2 Å². The van der Waals surface area contributed by atoms with E-state index >= 15 is 0 Å². The van der Waals surface area contributed by atoms with Crippen molar-refractivity contribution in [2.75, 3.05) is 19.8 Å². The molecule has 0 amide bonds. The average molecular weight is 192 g/mol. The molecule has 0 unspecified atom stereocenters. The first kappa shape index (κ1) is 11.9. The average Bonchev–Trinajstić information content (AvgIpc) is 2.02. The molecule has 0 aliphatic carbocycles. The van der Waals surface area contributed by atoms with Crippen LogP contribution in [0.15, 0.2) is 11.6 Å². The summed E-state index contributed by atoms with van der Waals surface area (Å²) in [5.74, 6) is 0. The van der Waals surface area contributed by atoms with E-state index in [-0.39, 0.29) is 0 Å². The van der Waals surface area contributed by atoms with E-state index in [1.54, 1.807) is 6.08 Å². The SMILES string of the molecule is CC(C)NCCCOCC=CCl. The van der Waals surface area contributed by atoms with Crippen LogP contribution in [0.2, 0.25) is 0 Å². The van der Waals surface area contributed by atoms with Gasteiger partial charge in [-0.15, -0.1) is 0 Å². The Morgan fingerprint density at radius 3 is 2.83 bits per heavy atom. The molecular weight excluding hydrogens is 174 g/mol. The Hall–Kier alpha value is -0.0500. The number of ether oxygens (including phenoxy) is 1. The van der Waals surface area contributed by atoms with E-state index < -0.39 is 0 Å². The number of nitrogens with one attached hydrogen (secondary N) is 1. The van der Waals surface area contributed by atoms with E-state index in [4.69, 9.17) is 16.3 Å². The molecule has 72 valence electrons. The minimum Gasteiger partial charge on any atom is -0.377 e. The quantitative estimate of drug-likeness (QED) is 0.623. The maximum atomic E-state index is 5.31. The fourth-order valence-corrected chi connectivity index (χ4v) is 0.825. The van der Waals surface area contributed by atoms with Crippen molar-refractivity contribution in [1.29, 1.82) is 0 Å². The van der Waals surface area contributed by atoms with Crippen LogP contribution >= 0.6 is 11.6 Å². The lowest BCUT2D eigenvalue weighted by Crippen LogP contribution is -2.24. The van der Waals surface area contributed by atoms with Crippen LogP contribution < -0.4 is 5.32 Å². The van der Waals surface area contributed by atoms with Gasteiger partial charge in [-0.3, -0.25) is 0 Å². The molecule has 0 aromatic carbocycles. The Balaban J connectivity index is 2.91. The maximum absolute atomic E-state index is 5.31. The molecular formula is C9H18ClNO. The van der Waals surface area contributed by atoms with Gasteiger partial charge in [0.25, 0.3) is 0 Å². The summed E-state index contributed by atoms with van der Waals surface area (Å²) in [5.41, 5.74) is 1.48. The summed E-state index contributed by atoms with van der Waals surface area (Å²) in [6.07, 6.45) is 2.84. The third-order valence-electron chi connectivity index (χ3n) is 1.32. The van der Waals surface area contributed by atoms with E-state index in [0.29, 0.717) is 12.6 Å². The normalized spacial score (nSPS) is 11.7. The molecule has 0 saturated heterocycles. The fraction of sp³-hybridized carbons (Fsp3) is 0.778. The standard InChI is InChI=1S/C9H18ClNO/c1-9(2)11-6-4-8-12-7-3-5-10/h3,5,9,11H,4,6-8H2,1-2H3. The van der Waals surface area contributed by atoms with Gasteiger partial charge in [0.2, 0.25) is 0 Å². The van der Waals surface area contributed by atoms with Crippen LogP contribution in [0.1, 0.15) is 20.3 Å². The van der Waals surface area contributed by atoms with Crippen molar-refractivity contribution in [1.82, 2.24) is 5.32 Å². The van der Waals surface area contributed by atoms with Crippen LogP contribution in [0.5, 0.6) is 0 Å². The molecule has 0 aliphatic heterocycles. The van der Waals surface area contributed by atoms with E-state index in [1.165, 1.54) is 5.54 Å². The molecule has 0 atom stereocenters. The largest absolute Gasteiger partial charge is 0.377 e. The highest BCUT2D eigenvalue weighted by Crippen LogP contribution is 1.85. The molecule has 0 aromatic heterocycles. The maximum Gasteiger partial charge on any atom is 0.0658 e. The van der Waals surface area contributed by atoms with Crippen molar-refractivity contribution in [2.24, 2.45) is 0 Å². The highest BCUT2D eigenvalue weighted by atomic mass is 35.5. The van der Waals surface area contributed by atoms with Crippen LogP contribution in [0.3, 0.4) is 0 Å². The summed E-state index contributed by atoms with van der Waals surface area (Å²) < 4.78 is 5.24. The predicted octanol–water partition coefficient (Wildman–Crippen LogP) is 2.14. The molecule has 12 heavy (non-hydrogen) atoms. The zero-order valence-corrected chi connectivity index (χ0v) is 8.60. The van der Waals surface area contributed by atoms with E-state index in [1.807, 2.05) is 0 Å². The van der Waals surface area contributed by atoms with E-state index in [9.17, 15) is 0 Å². The van der Waals surface area contributed by atoms with Crippen molar-refractivity contribution in [3.8, 4) is 0 Å². The molecule has 3 heteroatoms. The van der Waals surface area contributed by atoms with Crippen molar-refractivity contribution in [2.45, 2.75) is 26.3 Å². The Morgan fingerprint density at radius 2 is 2.25 bits per heavy atom. The predicted molar refractivity (Wildman–Crippen MR) is 53.6 cm³/mol. The molecule has 0 aromatic rings. The van der Waals surface area contributed by atoms with Crippen molar-refractivity contribution in [3.63, 3.8) is 0 Å². The molecule has 0 bridgehead atoms. The monoisotopic (exact) mass is 191 g/mol. The van der Waals surface area contributed by atoms with Gasteiger partial charge in [0.1, 0.15) is 0 Å². The summed E-state index contributed by atoms with van der Waals surface area (Å²) in [4.78, 5) is 0. The molecule has 0 saturated carbocycles. The molecule has 0 fully saturated rings. The summed E-state index contributed by atoms with van der Waals surface area (Å²) >= 11 is 5.31. The second-order valence-electron chi connectivity index (χ2n) is 2.90. The fourth-order valence-electron chi connectivity index (χ4n) is 0.753. The Labute approximate surface area is 79.9 Å². The van der Waals surface area contributed by atoms with E-state index in [0.717, 1.165) is 19.6 Å². The molecule has 1 N–H and O–H groups in total. The summed E-state index contributed by atoms with van der Waals surface area (Å²) in [6, 6.07) is 0.563. The van der Waals surface area contributed by atoms with Crippen LogP contribution in [-0.2, 0) is 4.74 Å². The first-order chi connectivity index (χ1) is 5.77. The van der Waals surface area contributed by atoms with Gasteiger partial charge in [-0.25, -0.2) is 0 Å². The molecule has 2 nitrogen and oxygen atoms in total. The number of hydrogen-bond acceptors (Lipinski definition) is 2. The van der Waals surface area contributed by atoms with Gasteiger partial charge >= 0.3 is 0 Å². The smallest absolute Gasteiger partial charge is 0.0658 e. The van der Waals surface area contributed by atoms with Crippen molar-refractivity contribution in [3.05, 3.63) is 11.6 Å². The lowest BCUT2D eigenvalue weighted by molar-refractivity contribution is 0.159. The Morgan fingerprint density at radius 1 is 1.50 bits per heavy atom. The first-order valence-electron chi connectivity index (χ1n) is 4.33. The molecule has 0 rings (SSSR count). The van der Waals surface area contributed by atoms with Crippen LogP contribution in [0.25, 0.3) is 0 Å². The highest BCUT2D eigenvalue weighted by Gasteiger charge is 1.90. The van der Waals surface area contributed by atoms with Crippen LogP contribution in [-0.4, -0.2) is 25.8 Å². The minimum atomic E-state index is 0.563. The molecule has 0 spiro atoms. The molecule has 0 aliphatic rings. The van der Waals surface area contributed by atoms with Gasteiger partial charge in [0.05, 0.1) is 6.61 Å². The lowest BCUT2D eigenvalue weighted by Gasteiger charge is -2.06. The van der Waals surface area contributed by atoms with Gasteiger partial charge in [0.15, 0.2) is 0 Å². The number of hydrogen-bond donors (Lipinski definition) is 1. The van der Waals surface area contributed by atoms with Gasteiger partial charge in [-0.2, -0.15) is 0 Å². The highest BCUT2D eigenvalue weighted by molar-refractivity contribution is 6.25.